The van der Waals surface area contributed by atoms with Crippen molar-refractivity contribution in [1.29, 1.82) is 0 Å². The molecule has 1 aliphatic rings. The van der Waals surface area contributed by atoms with Crippen LogP contribution in [0.15, 0.2) is 53.6 Å². The van der Waals surface area contributed by atoms with Crippen LogP contribution in [-0.2, 0) is 15.1 Å². The van der Waals surface area contributed by atoms with Gasteiger partial charge in [0, 0.05) is 12.0 Å². The van der Waals surface area contributed by atoms with E-state index in [1.807, 2.05) is 49.6 Å². The highest BCUT2D eigenvalue weighted by atomic mass is 19.1. The number of nitrogens with one attached hydrogen (secondary N) is 1. The second-order valence-corrected chi connectivity index (χ2v) is 8.37. The Kier molecular flexibility index (Phi) is 4.96. The van der Waals surface area contributed by atoms with E-state index in [0.29, 0.717) is 11.6 Å². The van der Waals surface area contributed by atoms with E-state index in [1.54, 1.807) is 0 Å². The van der Waals surface area contributed by atoms with Gasteiger partial charge in [-0.05, 0) is 57.2 Å². The van der Waals surface area contributed by atoms with Gasteiger partial charge in [-0.25, -0.2) is 9.37 Å². The highest BCUT2D eigenvalue weighted by Gasteiger charge is 2.35. The van der Waals surface area contributed by atoms with Crippen LogP contribution in [0.4, 0.5) is 16.0 Å². The number of carbonyl (C=O) groups excluding carboxylic acids is 2. The third-order valence-electron chi connectivity index (χ3n) is 5.05. The Morgan fingerprint density at radius 3 is 2.45 bits per heavy atom. The molecule has 0 aliphatic carbocycles. The summed E-state index contributed by atoms with van der Waals surface area (Å²) < 4.78 is 15.2. The fraction of sp³-hybridized carbons (Fsp3) is 0.273. The average molecular weight is 422 g/mol. The molecule has 1 aliphatic heterocycles. The van der Waals surface area contributed by atoms with Crippen LogP contribution in [0.5, 0.6) is 0 Å². The van der Waals surface area contributed by atoms with Crippen LogP contribution < -0.4 is 16.1 Å². The molecule has 2 amide bonds. The third kappa shape index (κ3) is 3.86. The number of nitrogens with zero attached hydrogens (tertiary/aromatic N) is 4. The van der Waals surface area contributed by atoms with Gasteiger partial charge in [0.05, 0.1) is 16.7 Å². The van der Waals surface area contributed by atoms with Gasteiger partial charge in [-0.2, -0.15) is 5.10 Å². The van der Waals surface area contributed by atoms with Crippen LogP contribution in [0.3, 0.4) is 0 Å². The van der Waals surface area contributed by atoms with Crippen molar-refractivity contribution in [3.63, 3.8) is 0 Å². The van der Waals surface area contributed by atoms with Crippen molar-refractivity contribution in [2.24, 2.45) is 10.8 Å². The Bertz CT molecular complexity index is 1190. The first kappa shape index (κ1) is 20.5. The molecule has 1 aromatic heterocycles. The van der Waals surface area contributed by atoms with Crippen molar-refractivity contribution in [2.75, 3.05) is 10.3 Å². The number of amides is 2. The summed E-state index contributed by atoms with van der Waals surface area (Å²) in [5.74, 6) is -1.13. The number of hydrogen-bond acceptors (Lipinski definition) is 5. The molecule has 0 radical (unpaired) electrons. The molecule has 8 nitrogen and oxygen atoms in total. The quantitative estimate of drug-likeness (QED) is 0.674. The van der Waals surface area contributed by atoms with Crippen molar-refractivity contribution < 1.29 is 14.0 Å². The van der Waals surface area contributed by atoms with Gasteiger partial charge < -0.3 is 10.3 Å². The molecule has 9 heteroatoms. The SMILES string of the molecule is CC(C)(C)n1c(NC(=O)C2=NN(c3ccc(F)cc3)C(C(N)=O)C2)nc2ccccc21. The van der Waals surface area contributed by atoms with Crippen LogP contribution in [0, 0.1) is 5.82 Å². The molecule has 2 aromatic carbocycles. The number of anilines is 2. The predicted molar refractivity (Wildman–Crippen MR) is 117 cm³/mol. The maximum Gasteiger partial charge on any atom is 0.274 e. The Morgan fingerprint density at radius 2 is 1.81 bits per heavy atom. The van der Waals surface area contributed by atoms with Crippen LogP contribution >= 0.6 is 0 Å². The number of fused-ring (bicyclic) bond motifs is 1. The minimum Gasteiger partial charge on any atom is -0.368 e. The lowest BCUT2D eigenvalue weighted by Crippen LogP contribution is -2.39. The summed E-state index contributed by atoms with van der Waals surface area (Å²) in [6.45, 7) is 6.05. The molecule has 4 rings (SSSR count). The minimum absolute atomic E-state index is 0.0360. The summed E-state index contributed by atoms with van der Waals surface area (Å²) in [5.41, 5.74) is 7.44. The lowest BCUT2D eigenvalue weighted by Gasteiger charge is -2.24. The number of nitrogens with two attached hydrogens (primary N) is 1. The topological polar surface area (TPSA) is 106 Å². The molecule has 0 bridgehead atoms. The number of halogens is 1. The number of rotatable bonds is 4. The first-order valence-electron chi connectivity index (χ1n) is 9.86. The summed E-state index contributed by atoms with van der Waals surface area (Å²) in [4.78, 5) is 29.6. The van der Waals surface area contributed by atoms with Gasteiger partial charge in [0.2, 0.25) is 11.9 Å². The smallest absolute Gasteiger partial charge is 0.274 e. The Balaban J connectivity index is 1.67. The number of imidazole rings is 1. The summed E-state index contributed by atoms with van der Waals surface area (Å²) in [5, 5.41) is 8.49. The van der Waals surface area contributed by atoms with Gasteiger partial charge in [-0.3, -0.25) is 19.9 Å². The Morgan fingerprint density at radius 1 is 1.13 bits per heavy atom. The second-order valence-electron chi connectivity index (χ2n) is 8.37. The van der Waals surface area contributed by atoms with Gasteiger partial charge >= 0.3 is 0 Å². The van der Waals surface area contributed by atoms with E-state index in [-0.39, 0.29) is 17.7 Å². The van der Waals surface area contributed by atoms with E-state index in [0.717, 1.165) is 11.0 Å². The zero-order chi connectivity index (χ0) is 22.3. The molecule has 0 fully saturated rings. The van der Waals surface area contributed by atoms with Crippen molar-refractivity contribution in [1.82, 2.24) is 9.55 Å². The van der Waals surface area contributed by atoms with Crippen molar-refractivity contribution >= 4 is 40.2 Å². The van der Waals surface area contributed by atoms with Crippen molar-refractivity contribution in [3.8, 4) is 0 Å². The monoisotopic (exact) mass is 422 g/mol. The number of benzene rings is 2. The molecule has 31 heavy (non-hydrogen) atoms. The first-order chi connectivity index (χ1) is 14.6. The van der Waals surface area contributed by atoms with Crippen LogP contribution in [0.25, 0.3) is 11.0 Å². The first-order valence-corrected chi connectivity index (χ1v) is 9.86. The summed E-state index contributed by atoms with van der Waals surface area (Å²) in [7, 11) is 0. The summed E-state index contributed by atoms with van der Waals surface area (Å²) in [6.07, 6.45) is 0.0360. The van der Waals surface area contributed by atoms with Crippen molar-refractivity contribution in [2.45, 2.75) is 38.8 Å². The van der Waals surface area contributed by atoms with Gasteiger partial charge in [0.25, 0.3) is 5.91 Å². The van der Waals surface area contributed by atoms with E-state index in [9.17, 15) is 14.0 Å². The van der Waals surface area contributed by atoms with Crippen LogP contribution in [0.2, 0.25) is 0 Å². The highest BCUT2D eigenvalue weighted by molar-refractivity contribution is 6.44. The fourth-order valence-corrected chi connectivity index (χ4v) is 3.66. The number of para-hydroxylation sites is 2. The third-order valence-corrected chi connectivity index (χ3v) is 5.05. The molecular formula is C22H23FN6O2. The molecule has 1 atom stereocenters. The van der Waals surface area contributed by atoms with Gasteiger partial charge in [0.1, 0.15) is 17.6 Å². The maximum absolute atomic E-state index is 13.3. The van der Waals surface area contributed by atoms with E-state index >= 15 is 0 Å². The molecule has 1 unspecified atom stereocenters. The number of aromatic nitrogens is 2. The molecule has 160 valence electrons. The zero-order valence-corrected chi connectivity index (χ0v) is 17.5. The number of hydrazone groups is 1. The molecule has 0 saturated carbocycles. The molecule has 0 saturated heterocycles. The minimum atomic E-state index is -0.840. The van der Waals surface area contributed by atoms with Gasteiger partial charge in [-0.1, -0.05) is 12.1 Å². The molecular weight excluding hydrogens is 399 g/mol. The number of carbonyl (C=O) groups is 2. The zero-order valence-electron chi connectivity index (χ0n) is 17.5. The van der Waals surface area contributed by atoms with Crippen LogP contribution in [-0.4, -0.2) is 33.1 Å². The highest BCUT2D eigenvalue weighted by Crippen LogP contribution is 2.29. The van der Waals surface area contributed by atoms with Gasteiger partial charge in [0.15, 0.2) is 0 Å². The molecule has 0 spiro atoms. The van der Waals surface area contributed by atoms with E-state index < -0.39 is 23.7 Å². The second kappa shape index (κ2) is 7.50. The number of primary amides is 1. The van der Waals surface area contributed by atoms with E-state index in [1.165, 1.54) is 29.3 Å². The summed E-state index contributed by atoms with van der Waals surface area (Å²) in [6, 6.07) is 12.2. The lowest BCUT2D eigenvalue weighted by atomic mass is 10.1. The lowest BCUT2D eigenvalue weighted by molar-refractivity contribution is -0.119. The largest absolute Gasteiger partial charge is 0.368 e. The maximum atomic E-state index is 13.3. The van der Waals surface area contributed by atoms with Crippen molar-refractivity contribution in [3.05, 3.63) is 54.3 Å². The predicted octanol–water partition coefficient (Wildman–Crippen LogP) is 2.99. The van der Waals surface area contributed by atoms with E-state index in [4.69, 9.17) is 5.73 Å². The molecule has 3 N–H and O–H groups in total. The fourth-order valence-electron chi connectivity index (χ4n) is 3.66. The molecule has 3 aromatic rings. The Labute approximate surface area is 178 Å². The van der Waals surface area contributed by atoms with E-state index in [2.05, 4.69) is 15.4 Å². The van der Waals surface area contributed by atoms with Crippen LogP contribution in [0.1, 0.15) is 27.2 Å². The number of hydrogen-bond donors (Lipinski definition) is 2. The standard InChI is InChI=1S/C22H23FN6O2/c1-22(2,3)28-17-7-5-4-6-15(17)25-21(28)26-20(31)16-12-18(19(24)30)29(27-16)14-10-8-13(23)9-11-14/h4-11,18H,12H2,1-3H3,(H2,24,30)(H,25,26,31). The Hall–Kier alpha value is -3.75. The normalized spacial score (nSPS) is 16.5. The molecule has 2 heterocycles. The average Bonchev–Trinajstić information content (AvgIpc) is 3.30. The summed E-state index contributed by atoms with van der Waals surface area (Å²) >= 11 is 0. The van der Waals surface area contributed by atoms with Gasteiger partial charge in [-0.15, -0.1) is 0 Å².